The van der Waals surface area contributed by atoms with Crippen molar-refractivity contribution in [3.8, 4) is 0 Å². The van der Waals surface area contributed by atoms with Crippen LogP contribution in [0.1, 0.15) is 33.8 Å². The summed E-state index contributed by atoms with van der Waals surface area (Å²) in [5.41, 5.74) is 2.19. The quantitative estimate of drug-likeness (QED) is 0.870. The van der Waals surface area contributed by atoms with Crippen LogP contribution in [0.3, 0.4) is 0 Å². The van der Waals surface area contributed by atoms with E-state index in [1.54, 1.807) is 0 Å². The lowest BCUT2D eigenvalue weighted by molar-refractivity contribution is 0.0656. The Labute approximate surface area is 128 Å². The van der Waals surface area contributed by atoms with Crippen LogP contribution in [0.15, 0.2) is 23.7 Å². The Balaban J connectivity index is 1.84. The Morgan fingerprint density at radius 2 is 2.43 bits per heavy atom. The average Bonchev–Trinajstić information content (AvgIpc) is 3.11. The van der Waals surface area contributed by atoms with Crippen LogP contribution in [0.2, 0.25) is 0 Å². The molecule has 2 aromatic heterocycles. The predicted octanol–water partition coefficient (Wildman–Crippen LogP) is 2.26. The van der Waals surface area contributed by atoms with E-state index in [0.717, 1.165) is 10.6 Å². The number of aryl methyl sites for hydroxylation is 1. The van der Waals surface area contributed by atoms with Gasteiger partial charge in [0, 0.05) is 37.9 Å². The van der Waals surface area contributed by atoms with Gasteiger partial charge in [0.05, 0.1) is 23.7 Å². The summed E-state index contributed by atoms with van der Waals surface area (Å²) in [6, 6.07) is 3.78. The van der Waals surface area contributed by atoms with Crippen LogP contribution < -0.4 is 0 Å². The highest BCUT2D eigenvalue weighted by Gasteiger charge is 2.31. The van der Waals surface area contributed by atoms with Crippen LogP contribution in [-0.4, -0.2) is 40.3 Å². The maximum absolute atomic E-state index is 12.6. The van der Waals surface area contributed by atoms with E-state index in [9.17, 15) is 4.79 Å². The fraction of sp³-hybridized carbons (Fsp3) is 0.467. The SMILES string of the molecule is CCOC[C@@H]1CN(C(=O)c2cccs2)Cc2nn(C)cc21. The molecule has 21 heavy (non-hydrogen) atoms. The normalized spacial score (nSPS) is 17.8. The Kier molecular flexibility index (Phi) is 4.07. The highest BCUT2D eigenvalue weighted by molar-refractivity contribution is 7.12. The second kappa shape index (κ2) is 5.99. The minimum Gasteiger partial charge on any atom is -0.381 e. The van der Waals surface area contributed by atoms with Gasteiger partial charge in [-0.3, -0.25) is 9.48 Å². The Hall–Kier alpha value is -1.66. The van der Waals surface area contributed by atoms with Crippen LogP contribution >= 0.6 is 11.3 Å². The molecule has 3 rings (SSSR count). The van der Waals surface area contributed by atoms with Crippen LogP contribution in [0.25, 0.3) is 0 Å². The summed E-state index contributed by atoms with van der Waals surface area (Å²) in [5.74, 6) is 0.286. The molecule has 0 aliphatic carbocycles. The largest absolute Gasteiger partial charge is 0.381 e. The number of aromatic nitrogens is 2. The Morgan fingerprint density at radius 3 is 3.14 bits per heavy atom. The summed E-state index contributed by atoms with van der Waals surface area (Å²) in [5, 5.41) is 6.43. The van der Waals surface area contributed by atoms with Crippen molar-refractivity contribution in [2.24, 2.45) is 7.05 Å². The van der Waals surface area contributed by atoms with Gasteiger partial charge in [-0.05, 0) is 18.4 Å². The summed E-state index contributed by atoms with van der Waals surface area (Å²) in [6.45, 7) is 4.57. The molecule has 1 aliphatic heterocycles. The van der Waals surface area contributed by atoms with Crippen LogP contribution in [0.4, 0.5) is 0 Å². The van der Waals surface area contributed by atoms with Crippen molar-refractivity contribution < 1.29 is 9.53 Å². The van der Waals surface area contributed by atoms with Crippen molar-refractivity contribution in [1.82, 2.24) is 14.7 Å². The predicted molar refractivity (Wildman–Crippen MR) is 81.5 cm³/mol. The number of thiophene rings is 1. The molecular formula is C15H19N3O2S. The van der Waals surface area contributed by atoms with Crippen molar-refractivity contribution in [2.45, 2.75) is 19.4 Å². The summed E-state index contributed by atoms with van der Waals surface area (Å²) < 4.78 is 7.41. The Morgan fingerprint density at radius 1 is 1.57 bits per heavy atom. The number of ether oxygens (including phenoxy) is 1. The number of hydrogen-bond acceptors (Lipinski definition) is 4. The third kappa shape index (κ3) is 2.87. The molecule has 3 heterocycles. The van der Waals surface area contributed by atoms with Gasteiger partial charge in [0.1, 0.15) is 0 Å². The van der Waals surface area contributed by atoms with Crippen molar-refractivity contribution in [3.63, 3.8) is 0 Å². The number of rotatable bonds is 4. The summed E-state index contributed by atoms with van der Waals surface area (Å²) in [7, 11) is 1.92. The maximum Gasteiger partial charge on any atom is 0.264 e. The fourth-order valence-electron chi connectivity index (χ4n) is 2.74. The second-order valence-electron chi connectivity index (χ2n) is 5.22. The van der Waals surface area contributed by atoms with Gasteiger partial charge in [-0.25, -0.2) is 0 Å². The first kappa shape index (κ1) is 14.3. The monoisotopic (exact) mass is 305 g/mol. The Bertz CT molecular complexity index is 621. The van der Waals surface area contributed by atoms with Gasteiger partial charge in [0.2, 0.25) is 0 Å². The third-order valence-electron chi connectivity index (χ3n) is 3.70. The summed E-state index contributed by atoms with van der Waals surface area (Å²) in [6.07, 6.45) is 2.05. The lowest BCUT2D eigenvalue weighted by Crippen LogP contribution is -2.39. The third-order valence-corrected chi connectivity index (χ3v) is 4.56. The van der Waals surface area contributed by atoms with Crippen molar-refractivity contribution in [2.75, 3.05) is 19.8 Å². The molecule has 0 N–H and O–H groups in total. The van der Waals surface area contributed by atoms with Gasteiger partial charge >= 0.3 is 0 Å². The molecule has 0 bridgehead atoms. The van der Waals surface area contributed by atoms with E-state index in [4.69, 9.17) is 4.74 Å². The molecule has 5 nitrogen and oxygen atoms in total. The zero-order valence-corrected chi connectivity index (χ0v) is 13.1. The zero-order valence-electron chi connectivity index (χ0n) is 12.3. The summed E-state index contributed by atoms with van der Waals surface area (Å²) in [4.78, 5) is 15.2. The first-order chi connectivity index (χ1) is 10.2. The minimum absolute atomic E-state index is 0.0859. The highest BCUT2D eigenvalue weighted by atomic mass is 32.1. The molecule has 0 radical (unpaired) electrons. The van der Waals surface area contributed by atoms with Gasteiger partial charge in [0.15, 0.2) is 0 Å². The lowest BCUT2D eigenvalue weighted by Gasteiger charge is -2.31. The van der Waals surface area contributed by atoms with Gasteiger partial charge in [-0.1, -0.05) is 6.07 Å². The minimum atomic E-state index is 0.0859. The van der Waals surface area contributed by atoms with E-state index < -0.39 is 0 Å². The highest BCUT2D eigenvalue weighted by Crippen LogP contribution is 2.29. The second-order valence-corrected chi connectivity index (χ2v) is 6.17. The maximum atomic E-state index is 12.6. The van der Waals surface area contributed by atoms with Crippen LogP contribution in [0, 0.1) is 0 Å². The molecule has 0 fully saturated rings. The average molecular weight is 305 g/mol. The molecule has 2 aromatic rings. The van der Waals surface area contributed by atoms with Crippen molar-refractivity contribution >= 4 is 17.2 Å². The lowest BCUT2D eigenvalue weighted by atomic mass is 9.95. The fourth-order valence-corrected chi connectivity index (χ4v) is 3.43. The molecule has 0 saturated carbocycles. The van der Waals surface area contributed by atoms with Crippen molar-refractivity contribution in [1.29, 1.82) is 0 Å². The van der Waals surface area contributed by atoms with Crippen LogP contribution in [-0.2, 0) is 18.3 Å². The number of nitrogens with zero attached hydrogens (tertiary/aromatic N) is 3. The van der Waals surface area contributed by atoms with Crippen LogP contribution in [0.5, 0.6) is 0 Å². The molecule has 0 aromatic carbocycles. The van der Waals surface area contributed by atoms with Gasteiger partial charge < -0.3 is 9.64 Å². The molecule has 0 unspecified atom stereocenters. The van der Waals surface area contributed by atoms with E-state index in [2.05, 4.69) is 5.10 Å². The van der Waals surface area contributed by atoms with Crippen molar-refractivity contribution in [3.05, 3.63) is 39.8 Å². The van der Waals surface area contributed by atoms with E-state index in [-0.39, 0.29) is 11.8 Å². The zero-order chi connectivity index (χ0) is 14.8. The first-order valence-electron chi connectivity index (χ1n) is 7.12. The smallest absolute Gasteiger partial charge is 0.264 e. The van der Waals surface area contributed by atoms with Gasteiger partial charge in [-0.15, -0.1) is 11.3 Å². The first-order valence-corrected chi connectivity index (χ1v) is 8.00. The molecule has 0 saturated heterocycles. The standard InChI is InChI=1S/C15H19N3O2S/c1-3-20-10-11-7-18(15(19)14-5-4-6-21-14)9-13-12(11)8-17(2)16-13/h4-6,8,11H,3,7,9-10H2,1-2H3/t11-/m0/s1. The van der Waals surface area contributed by atoms with Gasteiger partial charge in [0.25, 0.3) is 5.91 Å². The topological polar surface area (TPSA) is 47.4 Å². The summed E-state index contributed by atoms with van der Waals surface area (Å²) >= 11 is 1.48. The molecule has 1 aliphatic rings. The number of hydrogen-bond donors (Lipinski definition) is 0. The molecule has 1 atom stereocenters. The molecule has 6 heteroatoms. The number of fused-ring (bicyclic) bond motifs is 1. The number of carbonyl (C=O) groups excluding carboxylic acids is 1. The van der Waals surface area contributed by atoms with E-state index in [1.165, 1.54) is 16.9 Å². The molecule has 0 spiro atoms. The molecular weight excluding hydrogens is 286 g/mol. The van der Waals surface area contributed by atoms with E-state index in [0.29, 0.717) is 26.3 Å². The number of carbonyl (C=O) groups is 1. The van der Waals surface area contributed by atoms with Gasteiger partial charge in [-0.2, -0.15) is 5.10 Å². The van der Waals surface area contributed by atoms with E-state index in [1.807, 2.05) is 47.3 Å². The molecule has 112 valence electrons. The number of amides is 1. The van der Waals surface area contributed by atoms with E-state index >= 15 is 0 Å². The molecule has 1 amide bonds.